The highest BCUT2D eigenvalue weighted by Gasteiger charge is 2.12. The Labute approximate surface area is 167 Å². The number of pyridine rings is 1. The van der Waals surface area contributed by atoms with E-state index in [9.17, 15) is 0 Å². The lowest BCUT2D eigenvalue weighted by atomic mass is 10.2. The largest absolute Gasteiger partial charge is 0.493 e. The van der Waals surface area contributed by atoms with Crippen LogP contribution in [0.1, 0.15) is 11.4 Å². The van der Waals surface area contributed by atoms with E-state index in [0.717, 1.165) is 17.2 Å². The van der Waals surface area contributed by atoms with Crippen molar-refractivity contribution in [3.05, 3.63) is 54.2 Å². The maximum atomic E-state index is 6.12. The molecule has 148 valence electrons. The normalized spacial score (nSPS) is 10.9. The lowest BCUT2D eigenvalue weighted by Gasteiger charge is -2.12. The third-order valence-electron chi connectivity index (χ3n) is 4.56. The maximum absolute atomic E-state index is 6.12. The number of nitrogens with two attached hydrogens (primary N) is 1. The molecule has 0 bridgehead atoms. The molecule has 9 heteroatoms. The van der Waals surface area contributed by atoms with E-state index in [1.807, 2.05) is 29.8 Å². The molecule has 0 spiro atoms. The van der Waals surface area contributed by atoms with Crippen LogP contribution in [0.5, 0.6) is 11.5 Å². The Balaban J connectivity index is 1.54. The van der Waals surface area contributed by atoms with Crippen LogP contribution in [0.4, 0.5) is 11.8 Å². The molecule has 0 amide bonds. The van der Waals surface area contributed by atoms with Gasteiger partial charge in [-0.3, -0.25) is 4.57 Å². The molecule has 29 heavy (non-hydrogen) atoms. The maximum Gasteiger partial charge on any atom is 0.225 e. The Bertz CT molecular complexity index is 1160. The summed E-state index contributed by atoms with van der Waals surface area (Å²) in [4.78, 5) is 17.6. The first-order valence-corrected chi connectivity index (χ1v) is 8.97. The van der Waals surface area contributed by atoms with Crippen LogP contribution in [0.2, 0.25) is 0 Å². The molecular weight excluding hydrogens is 370 g/mol. The van der Waals surface area contributed by atoms with Crippen LogP contribution < -0.4 is 20.5 Å². The fraction of sp³-hybridized carbons (Fsp3) is 0.200. The fourth-order valence-corrected chi connectivity index (χ4v) is 3.02. The highest BCUT2D eigenvalue weighted by atomic mass is 16.5. The molecule has 0 saturated heterocycles. The fourth-order valence-electron chi connectivity index (χ4n) is 3.02. The van der Waals surface area contributed by atoms with E-state index in [1.54, 1.807) is 38.7 Å². The van der Waals surface area contributed by atoms with Crippen LogP contribution in [0, 0.1) is 6.92 Å². The predicted molar refractivity (Wildman–Crippen MR) is 110 cm³/mol. The topological polar surface area (TPSA) is 113 Å². The molecule has 0 aliphatic heterocycles. The zero-order chi connectivity index (χ0) is 20.4. The van der Waals surface area contributed by atoms with Crippen LogP contribution in [-0.4, -0.2) is 38.7 Å². The number of methoxy groups -OCH3 is 2. The van der Waals surface area contributed by atoms with Gasteiger partial charge < -0.3 is 20.5 Å². The minimum absolute atomic E-state index is 0.363. The average molecular weight is 391 g/mol. The Kier molecular flexibility index (Phi) is 4.86. The van der Waals surface area contributed by atoms with Crippen LogP contribution >= 0.6 is 0 Å². The van der Waals surface area contributed by atoms with Crippen molar-refractivity contribution in [1.29, 1.82) is 0 Å². The highest BCUT2D eigenvalue weighted by molar-refractivity contribution is 5.91. The Morgan fingerprint density at radius 3 is 2.52 bits per heavy atom. The molecule has 3 aromatic heterocycles. The summed E-state index contributed by atoms with van der Waals surface area (Å²) in [5.74, 6) is 3.65. The summed E-state index contributed by atoms with van der Waals surface area (Å²) in [5.41, 5.74) is 7.78. The molecule has 4 aromatic rings. The summed E-state index contributed by atoms with van der Waals surface area (Å²) in [6.45, 7) is 2.44. The molecule has 1 aromatic carbocycles. The van der Waals surface area contributed by atoms with Gasteiger partial charge in [-0.1, -0.05) is 6.07 Å². The third kappa shape index (κ3) is 3.62. The molecule has 0 aliphatic carbocycles. The van der Waals surface area contributed by atoms with Crippen LogP contribution in [0.3, 0.4) is 0 Å². The van der Waals surface area contributed by atoms with E-state index in [4.69, 9.17) is 15.2 Å². The summed E-state index contributed by atoms with van der Waals surface area (Å²) >= 11 is 0. The first-order valence-electron chi connectivity index (χ1n) is 8.97. The van der Waals surface area contributed by atoms with E-state index < -0.39 is 0 Å². The average Bonchev–Trinajstić information content (AvgIpc) is 3.17. The van der Waals surface area contributed by atoms with E-state index in [2.05, 4.69) is 25.3 Å². The first kappa shape index (κ1) is 18.5. The highest BCUT2D eigenvalue weighted by Crippen LogP contribution is 2.33. The van der Waals surface area contributed by atoms with Crippen molar-refractivity contribution in [1.82, 2.24) is 24.5 Å². The van der Waals surface area contributed by atoms with Gasteiger partial charge in [0.05, 0.1) is 19.7 Å². The number of fused-ring (bicyclic) bond motifs is 1. The number of anilines is 2. The Morgan fingerprint density at radius 2 is 1.86 bits per heavy atom. The first-order chi connectivity index (χ1) is 14.1. The molecule has 9 nitrogen and oxygen atoms in total. The Morgan fingerprint density at radius 1 is 1.07 bits per heavy atom. The van der Waals surface area contributed by atoms with Gasteiger partial charge in [0, 0.05) is 36.6 Å². The number of imidazole rings is 1. The number of nitrogens with one attached hydrogen (secondary N) is 1. The predicted octanol–water partition coefficient (Wildman–Crippen LogP) is 2.73. The van der Waals surface area contributed by atoms with Gasteiger partial charge in [0.15, 0.2) is 11.5 Å². The number of hydrogen-bond donors (Lipinski definition) is 2. The van der Waals surface area contributed by atoms with Crippen molar-refractivity contribution in [2.24, 2.45) is 0 Å². The van der Waals surface area contributed by atoms with Crippen molar-refractivity contribution < 1.29 is 9.47 Å². The zero-order valence-electron chi connectivity index (χ0n) is 16.4. The van der Waals surface area contributed by atoms with Gasteiger partial charge in [-0.25, -0.2) is 15.0 Å². The molecule has 0 saturated carbocycles. The summed E-state index contributed by atoms with van der Waals surface area (Å²) in [6.07, 6.45) is 5.43. The number of nitrogens with zero attached hydrogens (tertiary/aromatic N) is 5. The van der Waals surface area contributed by atoms with E-state index in [0.29, 0.717) is 40.7 Å². The summed E-state index contributed by atoms with van der Waals surface area (Å²) < 4.78 is 12.6. The van der Waals surface area contributed by atoms with E-state index in [-0.39, 0.29) is 0 Å². The second-order valence-electron chi connectivity index (χ2n) is 6.38. The summed E-state index contributed by atoms with van der Waals surface area (Å²) in [7, 11) is 3.15. The monoisotopic (exact) mass is 391 g/mol. The van der Waals surface area contributed by atoms with Crippen molar-refractivity contribution in [2.75, 3.05) is 25.3 Å². The number of rotatable bonds is 6. The van der Waals surface area contributed by atoms with Gasteiger partial charge in [-0.2, -0.15) is 4.98 Å². The third-order valence-corrected chi connectivity index (χ3v) is 4.56. The SMILES string of the molecule is COc1cc2nc(NCc3ccc(-n4ccnc4C)nc3)nc(N)c2cc1OC. The van der Waals surface area contributed by atoms with Gasteiger partial charge in [-0.15, -0.1) is 0 Å². The van der Waals surface area contributed by atoms with Crippen LogP contribution in [0.15, 0.2) is 42.9 Å². The number of nitrogen functional groups attached to an aromatic ring is 1. The molecule has 3 heterocycles. The standard InChI is InChI=1S/C20H21N7O2/c1-12-22-6-7-27(12)18-5-4-13(10-23-18)11-24-20-25-15-9-17(29-3)16(28-2)8-14(15)19(21)26-20/h4-10H,11H2,1-3H3,(H3,21,24,25,26). The minimum Gasteiger partial charge on any atom is -0.493 e. The molecular formula is C20H21N7O2. The van der Waals surface area contributed by atoms with E-state index in [1.165, 1.54) is 0 Å². The quantitative estimate of drug-likeness (QED) is 0.516. The smallest absolute Gasteiger partial charge is 0.225 e. The molecule has 0 radical (unpaired) electrons. The summed E-state index contributed by atoms with van der Waals surface area (Å²) in [5, 5.41) is 3.90. The molecule has 0 aliphatic rings. The van der Waals surface area contributed by atoms with E-state index >= 15 is 0 Å². The van der Waals surface area contributed by atoms with Gasteiger partial charge in [-0.05, 0) is 24.6 Å². The number of aryl methyl sites for hydroxylation is 1. The molecule has 0 atom stereocenters. The summed E-state index contributed by atoms with van der Waals surface area (Å²) in [6, 6.07) is 7.49. The molecule has 4 rings (SSSR count). The van der Waals surface area contributed by atoms with Gasteiger partial charge >= 0.3 is 0 Å². The number of aromatic nitrogens is 5. The second-order valence-corrected chi connectivity index (χ2v) is 6.38. The van der Waals surface area contributed by atoms with Crippen molar-refractivity contribution in [3.8, 4) is 17.3 Å². The molecule has 0 unspecified atom stereocenters. The lowest BCUT2D eigenvalue weighted by Crippen LogP contribution is -2.07. The molecule has 0 fully saturated rings. The van der Waals surface area contributed by atoms with Crippen LogP contribution in [-0.2, 0) is 6.54 Å². The lowest BCUT2D eigenvalue weighted by molar-refractivity contribution is 0.356. The van der Waals surface area contributed by atoms with Gasteiger partial charge in [0.2, 0.25) is 5.95 Å². The van der Waals surface area contributed by atoms with Crippen molar-refractivity contribution >= 4 is 22.7 Å². The number of benzene rings is 1. The van der Waals surface area contributed by atoms with Gasteiger partial charge in [0.1, 0.15) is 17.5 Å². The molecule has 3 N–H and O–H groups in total. The minimum atomic E-state index is 0.363. The Hall–Kier alpha value is -3.88. The number of hydrogen-bond acceptors (Lipinski definition) is 8. The number of ether oxygens (including phenoxy) is 2. The van der Waals surface area contributed by atoms with Gasteiger partial charge in [0.25, 0.3) is 0 Å². The van der Waals surface area contributed by atoms with Crippen molar-refractivity contribution in [2.45, 2.75) is 13.5 Å². The van der Waals surface area contributed by atoms with Crippen molar-refractivity contribution in [3.63, 3.8) is 0 Å². The second kappa shape index (κ2) is 7.63. The van der Waals surface area contributed by atoms with Crippen LogP contribution in [0.25, 0.3) is 16.7 Å². The zero-order valence-corrected chi connectivity index (χ0v) is 16.4.